The molecule has 2 heterocycles. The molecule has 1 aliphatic heterocycles. The van der Waals surface area contributed by atoms with Gasteiger partial charge in [0.2, 0.25) is 5.91 Å². The Bertz CT molecular complexity index is 593. The maximum atomic E-state index is 11.8. The molecule has 2 aromatic rings. The number of benzene rings is 1. The van der Waals surface area contributed by atoms with Crippen molar-refractivity contribution in [3.63, 3.8) is 0 Å². The molecule has 1 N–H and O–H groups in total. The number of ether oxygens (including phenoxy) is 1. The van der Waals surface area contributed by atoms with Gasteiger partial charge in [0.1, 0.15) is 5.75 Å². The molecule has 0 saturated carbocycles. The smallest absolute Gasteiger partial charge is 0.225 e. The third-order valence-corrected chi connectivity index (χ3v) is 4.25. The largest absolute Gasteiger partial charge is 0.493 e. The fourth-order valence-electron chi connectivity index (χ4n) is 2.36. The van der Waals surface area contributed by atoms with Crippen molar-refractivity contribution >= 4 is 17.2 Å². The first-order chi connectivity index (χ1) is 9.81. The summed E-state index contributed by atoms with van der Waals surface area (Å²) in [6, 6.07) is 10.1. The summed E-state index contributed by atoms with van der Waals surface area (Å²) in [5.41, 5.74) is 2.38. The van der Waals surface area contributed by atoms with E-state index >= 15 is 0 Å². The lowest BCUT2D eigenvalue weighted by molar-refractivity contribution is -0.120. The highest BCUT2D eigenvalue weighted by atomic mass is 32.1. The van der Waals surface area contributed by atoms with Gasteiger partial charge < -0.3 is 10.1 Å². The Morgan fingerprint density at radius 2 is 2.30 bits per heavy atom. The second-order valence-electron chi connectivity index (χ2n) is 4.93. The number of rotatable bonds is 4. The minimum Gasteiger partial charge on any atom is -0.493 e. The summed E-state index contributed by atoms with van der Waals surface area (Å²) in [7, 11) is 0. The van der Waals surface area contributed by atoms with E-state index in [-0.39, 0.29) is 5.91 Å². The molecule has 0 radical (unpaired) electrons. The van der Waals surface area contributed by atoms with Crippen LogP contribution in [0.4, 0.5) is 0 Å². The van der Waals surface area contributed by atoms with Gasteiger partial charge in [0.05, 0.1) is 13.0 Å². The van der Waals surface area contributed by atoms with Gasteiger partial charge in [0.25, 0.3) is 0 Å². The highest BCUT2D eigenvalue weighted by Gasteiger charge is 2.11. The molecule has 3 nitrogen and oxygen atoms in total. The molecular weight excluding hydrogens is 270 g/mol. The van der Waals surface area contributed by atoms with Crippen LogP contribution in [0, 0.1) is 0 Å². The molecule has 4 heteroatoms. The van der Waals surface area contributed by atoms with Crippen LogP contribution < -0.4 is 10.1 Å². The zero-order valence-electron chi connectivity index (χ0n) is 11.2. The molecule has 3 rings (SSSR count). The quantitative estimate of drug-likeness (QED) is 0.939. The van der Waals surface area contributed by atoms with Crippen molar-refractivity contribution in [3.05, 3.63) is 51.7 Å². The average Bonchev–Trinajstić information content (AvgIpc) is 2.98. The summed E-state index contributed by atoms with van der Waals surface area (Å²) >= 11 is 1.61. The number of carbonyl (C=O) groups is 1. The highest BCUT2D eigenvalue weighted by molar-refractivity contribution is 7.10. The van der Waals surface area contributed by atoms with Crippen LogP contribution in [0.5, 0.6) is 5.75 Å². The van der Waals surface area contributed by atoms with Gasteiger partial charge in [-0.15, -0.1) is 11.3 Å². The number of carbonyl (C=O) groups excluding carboxylic acids is 1. The molecule has 0 spiro atoms. The van der Waals surface area contributed by atoms with Crippen molar-refractivity contribution in [2.24, 2.45) is 0 Å². The van der Waals surface area contributed by atoms with Gasteiger partial charge >= 0.3 is 0 Å². The van der Waals surface area contributed by atoms with E-state index in [4.69, 9.17) is 4.74 Å². The topological polar surface area (TPSA) is 38.3 Å². The Morgan fingerprint density at radius 3 is 3.15 bits per heavy atom. The zero-order valence-corrected chi connectivity index (χ0v) is 12.0. The summed E-state index contributed by atoms with van der Waals surface area (Å²) in [6.45, 7) is 1.39. The standard InChI is InChI=1S/C16H17NO2S/c18-16(10-14-4-2-8-20-14)17-11-12-5-6-15-13(9-12)3-1-7-19-15/h2,4-6,8-9H,1,3,7,10-11H2,(H,17,18). The number of amides is 1. The summed E-state index contributed by atoms with van der Waals surface area (Å²) < 4.78 is 5.59. The first-order valence-electron chi connectivity index (χ1n) is 6.85. The van der Waals surface area contributed by atoms with E-state index in [0.717, 1.165) is 35.6 Å². The lowest BCUT2D eigenvalue weighted by Crippen LogP contribution is -2.24. The van der Waals surface area contributed by atoms with Gasteiger partial charge in [-0.05, 0) is 41.5 Å². The molecule has 20 heavy (non-hydrogen) atoms. The molecule has 0 aliphatic carbocycles. The van der Waals surface area contributed by atoms with E-state index in [1.54, 1.807) is 11.3 Å². The zero-order chi connectivity index (χ0) is 13.8. The maximum Gasteiger partial charge on any atom is 0.225 e. The molecule has 0 unspecified atom stereocenters. The summed E-state index contributed by atoms with van der Waals surface area (Å²) in [5, 5.41) is 4.96. The van der Waals surface area contributed by atoms with Gasteiger partial charge in [-0.2, -0.15) is 0 Å². The molecule has 0 fully saturated rings. The Balaban J connectivity index is 1.56. The van der Waals surface area contributed by atoms with Crippen LogP contribution in [0.1, 0.15) is 22.4 Å². The lowest BCUT2D eigenvalue weighted by Gasteiger charge is -2.18. The van der Waals surface area contributed by atoms with E-state index in [0.29, 0.717) is 13.0 Å². The predicted molar refractivity (Wildman–Crippen MR) is 80.1 cm³/mol. The van der Waals surface area contributed by atoms with Gasteiger partial charge in [-0.1, -0.05) is 18.2 Å². The fraction of sp³-hybridized carbons (Fsp3) is 0.312. The Hall–Kier alpha value is -1.81. The van der Waals surface area contributed by atoms with Gasteiger partial charge in [0, 0.05) is 11.4 Å². The van der Waals surface area contributed by atoms with Crippen molar-refractivity contribution in [1.29, 1.82) is 0 Å². The SMILES string of the molecule is O=C(Cc1cccs1)NCc1ccc2c(c1)CCCO2. The number of thiophene rings is 1. The molecule has 0 bridgehead atoms. The number of hydrogen-bond donors (Lipinski definition) is 1. The number of hydrogen-bond acceptors (Lipinski definition) is 3. The summed E-state index contributed by atoms with van der Waals surface area (Å²) in [5.74, 6) is 1.06. The fourth-order valence-corrected chi connectivity index (χ4v) is 3.06. The van der Waals surface area contributed by atoms with Crippen LogP contribution in [0.15, 0.2) is 35.7 Å². The number of nitrogens with one attached hydrogen (secondary N) is 1. The number of aryl methyl sites for hydroxylation is 1. The minimum atomic E-state index is 0.0708. The Morgan fingerprint density at radius 1 is 1.35 bits per heavy atom. The summed E-state index contributed by atoms with van der Waals surface area (Å²) in [4.78, 5) is 12.9. The predicted octanol–water partition coefficient (Wildman–Crippen LogP) is 2.93. The molecule has 0 atom stereocenters. The first kappa shape index (κ1) is 13.2. The van der Waals surface area contributed by atoms with Gasteiger partial charge in [-0.25, -0.2) is 0 Å². The van der Waals surface area contributed by atoms with Crippen molar-refractivity contribution in [1.82, 2.24) is 5.32 Å². The van der Waals surface area contributed by atoms with Gasteiger partial charge in [-0.3, -0.25) is 4.79 Å². The van der Waals surface area contributed by atoms with Crippen LogP contribution >= 0.6 is 11.3 Å². The molecule has 1 amide bonds. The third-order valence-electron chi connectivity index (χ3n) is 3.38. The maximum absolute atomic E-state index is 11.8. The van der Waals surface area contributed by atoms with Crippen LogP contribution in [-0.2, 0) is 24.2 Å². The Labute approximate surface area is 122 Å². The van der Waals surface area contributed by atoms with Crippen molar-refractivity contribution in [2.75, 3.05) is 6.61 Å². The van der Waals surface area contributed by atoms with Crippen molar-refractivity contribution in [2.45, 2.75) is 25.8 Å². The average molecular weight is 287 g/mol. The van der Waals surface area contributed by atoms with Crippen LogP contribution in [0.3, 0.4) is 0 Å². The third kappa shape index (κ3) is 3.20. The van der Waals surface area contributed by atoms with Crippen LogP contribution in [0.25, 0.3) is 0 Å². The summed E-state index contributed by atoms with van der Waals surface area (Å²) in [6.07, 6.45) is 2.60. The molecule has 1 aromatic carbocycles. The minimum absolute atomic E-state index is 0.0708. The monoisotopic (exact) mass is 287 g/mol. The van der Waals surface area contributed by atoms with Crippen molar-refractivity contribution < 1.29 is 9.53 Å². The molecule has 1 aliphatic rings. The Kier molecular flexibility index (Phi) is 4.02. The highest BCUT2D eigenvalue weighted by Crippen LogP contribution is 2.25. The van der Waals surface area contributed by atoms with E-state index in [2.05, 4.69) is 11.4 Å². The van der Waals surface area contributed by atoms with Crippen molar-refractivity contribution in [3.8, 4) is 5.75 Å². The van der Waals surface area contributed by atoms with E-state index in [9.17, 15) is 4.79 Å². The molecule has 0 saturated heterocycles. The second-order valence-corrected chi connectivity index (χ2v) is 5.96. The van der Waals surface area contributed by atoms with Crippen LogP contribution in [-0.4, -0.2) is 12.5 Å². The lowest BCUT2D eigenvalue weighted by atomic mass is 10.0. The molecule has 1 aromatic heterocycles. The molecular formula is C16H17NO2S. The molecule has 104 valence electrons. The number of fused-ring (bicyclic) bond motifs is 1. The van der Waals surface area contributed by atoms with E-state index < -0.39 is 0 Å². The normalized spacial score (nSPS) is 13.4. The first-order valence-corrected chi connectivity index (χ1v) is 7.73. The van der Waals surface area contributed by atoms with Gasteiger partial charge in [0.15, 0.2) is 0 Å². The van der Waals surface area contributed by atoms with E-state index in [1.807, 2.05) is 29.6 Å². The van der Waals surface area contributed by atoms with E-state index in [1.165, 1.54) is 5.56 Å². The second kappa shape index (κ2) is 6.09. The van der Waals surface area contributed by atoms with Crippen LogP contribution in [0.2, 0.25) is 0 Å².